The Morgan fingerprint density at radius 1 is 1.22 bits per heavy atom. The molecule has 2 aromatic rings. The molecule has 2 atom stereocenters. The summed E-state index contributed by atoms with van der Waals surface area (Å²) in [4.78, 5) is 41.8. The molecule has 0 aliphatic carbocycles. The van der Waals surface area contributed by atoms with Crippen molar-refractivity contribution in [2.75, 3.05) is 13.1 Å². The Morgan fingerprint density at radius 2 is 1.89 bits per heavy atom. The molecular weight excluding hydrogens is 466 g/mol. The minimum Gasteiger partial charge on any atom is -0.530 e. The van der Waals surface area contributed by atoms with Crippen LogP contribution < -0.4 is 26.4 Å². The van der Waals surface area contributed by atoms with Crippen LogP contribution >= 0.6 is 0 Å². The summed E-state index contributed by atoms with van der Waals surface area (Å²) in [6.45, 7) is 4.64. The van der Waals surface area contributed by atoms with E-state index >= 15 is 0 Å². The van der Waals surface area contributed by atoms with Gasteiger partial charge in [0.25, 0.3) is 5.91 Å². The maximum Gasteiger partial charge on any atom is 0.266 e. The zero-order chi connectivity index (χ0) is 26.3. The van der Waals surface area contributed by atoms with E-state index in [1.807, 2.05) is 26.0 Å². The highest BCUT2D eigenvalue weighted by atomic mass is 16.5. The minimum absolute atomic E-state index is 0.166. The topological polar surface area (TPSA) is 170 Å². The zero-order valence-corrected chi connectivity index (χ0v) is 20.5. The van der Waals surface area contributed by atoms with Crippen LogP contribution in [-0.2, 0) is 21.7 Å². The molecule has 36 heavy (non-hydrogen) atoms. The fraction of sp³-hybridized carbons (Fsp3) is 0.440. The summed E-state index contributed by atoms with van der Waals surface area (Å²) in [7, 11) is 0. The van der Waals surface area contributed by atoms with E-state index < -0.39 is 29.5 Å². The average Bonchev–Trinajstić information content (AvgIpc) is 3.14. The molecule has 194 valence electrons. The van der Waals surface area contributed by atoms with Gasteiger partial charge in [0.05, 0.1) is 0 Å². The molecule has 3 rings (SSSR count). The number of benzene rings is 1. The van der Waals surface area contributed by atoms with E-state index in [4.69, 9.17) is 10.5 Å². The summed E-state index contributed by atoms with van der Waals surface area (Å²) >= 11 is 0. The van der Waals surface area contributed by atoms with E-state index in [0.29, 0.717) is 37.2 Å². The number of carbonyl (C=O) groups excluding carboxylic acids is 3. The quantitative estimate of drug-likeness (QED) is 0.199. The Labute approximate surface area is 209 Å². The van der Waals surface area contributed by atoms with Crippen molar-refractivity contribution in [3.63, 3.8) is 0 Å². The minimum atomic E-state index is -1.37. The van der Waals surface area contributed by atoms with Gasteiger partial charge >= 0.3 is 0 Å². The van der Waals surface area contributed by atoms with Crippen LogP contribution in [0.1, 0.15) is 48.2 Å². The van der Waals surface area contributed by atoms with Crippen molar-refractivity contribution < 1.29 is 29.4 Å². The largest absolute Gasteiger partial charge is 0.530 e. The van der Waals surface area contributed by atoms with E-state index in [1.54, 1.807) is 29.7 Å². The van der Waals surface area contributed by atoms with Gasteiger partial charge in [-0.1, -0.05) is 12.1 Å². The van der Waals surface area contributed by atoms with Gasteiger partial charge in [-0.3, -0.25) is 19.8 Å². The van der Waals surface area contributed by atoms with Gasteiger partial charge in [-0.2, -0.15) is 0 Å². The standard InChI is InChI=1S/C25H33N5O6/c1-16-13-18(14-17(2)28-16)15-36-20-8-6-19(7-9-20)25(26)10-12-30(23(25)32)21(22(31)29-35)5-3-4-11-27-24(33)34/h6-9,13-14,21,27,35H,3-5,10-12,15,26H2,1-2H3,(H,29,31)(H,33,34)/p-1. The Morgan fingerprint density at radius 3 is 2.50 bits per heavy atom. The van der Waals surface area contributed by atoms with E-state index in [2.05, 4.69) is 10.3 Å². The molecule has 1 aromatic heterocycles. The van der Waals surface area contributed by atoms with Crippen LogP contribution in [0, 0.1) is 13.8 Å². The smallest absolute Gasteiger partial charge is 0.266 e. The molecule has 1 fully saturated rings. The lowest BCUT2D eigenvalue weighted by Gasteiger charge is -2.29. The second-order valence-corrected chi connectivity index (χ2v) is 8.99. The summed E-state index contributed by atoms with van der Waals surface area (Å²) in [5.74, 6) is -0.509. The number of nitrogens with zero attached hydrogens (tertiary/aromatic N) is 2. The second-order valence-electron chi connectivity index (χ2n) is 8.99. The number of pyridine rings is 1. The summed E-state index contributed by atoms with van der Waals surface area (Å²) < 4.78 is 5.87. The van der Waals surface area contributed by atoms with Crippen molar-refractivity contribution in [2.24, 2.45) is 5.73 Å². The zero-order valence-electron chi connectivity index (χ0n) is 20.5. The fourth-order valence-electron chi connectivity index (χ4n) is 4.50. The fourth-order valence-corrected chi connectivity index (χ4v) is 4.50. The molecule has 1 aromatic carbocycles. The molecule has 11 heteroatoms. The molecule has 1 saturated heterocycles. The molecule has 3 amide bonds. The number of aryl methyl sites for hydroxylation is 2. The number of hydrogen-bond donors (Lipinski definition) is 4. The van der Waals surface area contributed by atoms with Crippen LogP contribution in [-0.4, -0.2) is 52.1 Å². The average molecular weight is 499 g/mol. The van der Waals surface area contributed by atoms with Gasteiger partial charge in [-0.05, 0) is 74.9 Å². The van der Waals surface area contributed by atoms with Gasteiger partial charge in [-0.25, -0.2) is 5.48 Å². The molecule has 2 unspecified atom stereocenters. The van der Waals surface area contributed by atoms with Crippen LogP contribution in [0.15, 0.2) is 36.4 Å². The number of nitrogens with one attached hydrogen (secondary N) is 2. The van der Waals surface area contributed by atoms with Crippen molar-refractivity contribution in [1.82, 2.24) is 20.7 Å². The highest BCUT2D eigenvalue weighted by Gasteiger charge is 2.48. The number of carboxylic acid groups (broad SMARTS) is 1. The van der Waals surface area contributed by atoms with Gasteiger partial charge in [0, 0.05) is 24.5 Å². The van der Waals surface area contributed by atoms with Crippen molar-refractivity contribution in [2.45, 2.75) is 57.7 Å². The molecule has 11 nitrogen and oxygen atoms in total. The predicted octanol–water partition coefficient (Wildman–Crippen LogP) is 0.641. The first-order valence-corrected chi connectivity index (χ1v) is 11.8. The van der Waals surface area contributed by atoms with E-state index in [9.17, 15) is 24.7 Å². The molecule has 1 aliphatic rings. The lowest BCUT2D eigenvalue weighted by atomic mass is 9.89. The first kappa shape index (κ1) is 26.9. The Hall–Kier alpha value is -3.70. The molecule has 0 bridgehead atoms. The first-order valence-electron chi connectivity index (χ1n) is 11.8. The number of rotatable bonds is 11. The lowest BCUT2D eigenvalue weighted by molar-refractivity contribution is -0.250. The van der Waals surface area contributed by atoms with Gasteiger partial charge in [-0.15, -0.1) is 0 Å². The first-order chi connectivity index (χ1) is 17.1. The Kier molecular flexibility index (Phi) is 8.83. The summed E-state index contributed by atoms with van der Waals surface area (Å²) in [5, 5.41) is 21.8. The van der Waals surface area contributed by atoms with Crippen LogP contribution in [0.2, 0.25) is 0 Å². The van der Waals surface area contributed by atoms with Crippen molar-refractivity contribution >= 4 is 17.9 Å². The number of unbranched alkanes of at least 4 members (excludes halogenated alkanes) is 1. The number of hydroxylamine groups is 1. The highest BCUT2D eigenvalue weighted by molar-refractivity contribution is 5.94. The van der Waals surface area contributed by atoms with Gasteiger partial charge in [0.2, 0.25) is 5.91 Å². The lowest BCUT2D eigenvalue weighted by Crippen LogP contribution is -2.52. The number of likely N-dealkylation sites (tertiary alicyclic amines) is 1. The maximum atomic E-state index is 13.3. The third-order valence-corrected chi connectivity index (χ3v) is 6.27. The molecule has 0 saturated carbocycles. The van der Waals surface area contributed by atoms with Crippen LogP contribution in [0.5, 0.6) is 5.75 Å². The third kappa shape index (κ3) is 6.49. The molecule has 2 heterocycles. The predicted molar refractivity (Wildman–Crippen MR) is 128 cm³/mol. The number of aromatic nitrogens is 1. The van der Waals surface area contributed by atoms with Gasteiger partial charge in [0.15, 0.2) is 0 Å². The van der Waals surface area contributed by atoms with Crippen molar-refractivity contribution in [1.29, 1.82) is 0 Å². The van der Waals surface area contributed by atoms with E-state index in [-0.39, 0.29) is 19.5 Å². The van der Waals surface area contributed by atoms with E-state index in [1.165, 1.54) is 4.90 Å². The number of carbonyl (C=O) groups is 3. The number of hydrogen-bond acceptors (Lipinski definition) is 8. The summed E-state index contributed by atoms with van der Waals surface area (Å²) in [6, 6.07) is 9.98. The Balaban J connectivity index is 1.64. The normalized spacial score (nSPS) is 18.1. The molecular formula is C25H32N5O6-. The van der Waals surface area contributed by atoms with Gasteiger partial charge in [0.1, 0.15) is 30.0 Å². The summed E-state index contributed by atoms with van der Waals surface area (Å²) in [6.07, 6.45) is 0.0509. The number of amides is 3. The van der Waals surface area contributed by atoms with Crippen LogP contribution in [0.3, 0.4) is 0 Å². The van der Waals surface area contributed by atoms with Crippen molar-refractivity contribution in [3.8, 4) is 5.75 Å². The number of ether oxygens (including phenoxy) is 1. The second kappa shape index (κ2) is 11.8. The Bertz CT molecular complexity index is 1070. The SMILES string of the molecule is Cc1cc(COc2ccc(C3(N)CCN(C(CCCCNC(=O)[O-])C(=O)NO)C3=O)cc2)cc(C)n1. The monoisotopic (exact) mass is 498 g/mol. The molecule has 5 N–H and O–H groups in total. The molecule has 1 aliphatic heterocycles. The molecule has 0 spiro atoms. The van der Waals surface area contributed by atoms with Crippen LogP contribution in [0.25, 0.3) is 0 Å². The van der Waals surface area contributed by atoms with Crippen molar-refractivity contribution in [3.05, 3.63) is 58.9 Å². The highest BCUT2D eigenvalue weighted by Crippen LogP contribution is 2.34. The number of nitrogens with two attached hydrogens (primary N) is 1. The van der Waals surface area contributed by atoms with Gasteiger partial charge < -0.3 is 30.6 Å². The third-order valence-electron chi connectivity index (χ3n) is 6.27. The van der Waals surface area contributed by atoms with Crippen LogP contribution in [0.4, 0.5) is 4.79 Å². The summed E-state index contributed by atoms with van der Waals surface area (Å²) in [5.41, 5.74) is 10.3. The molecule has 0 radical (unpaired) electrons. The maximum absolute atomic E-state index is 13.3. The van der Waals surface area contributed by atoms with E-state index in [0.717, 1.165) is 17.0 Å².